The highest BCUT2D eigenvalue weighted by molar-refractivity contribution is 7.18. The molecule has 2 aromatic heterocycles. The minimum absolute atomic E-state index is 0.563. The van der Waals surface area contributed by atoms with E-state index in [0.717, 1.165) is 34.4 Å². The molecular weight excluding hydrogens is 380 g/mol. The normalized spacial score (nSPS) is 19.3. The molecule has 2 aliphatic rings. The second kappa shape index (κ2) is 7.72. The van der Waals surface area contributed by atoms with Crippen molar-refractivity contribution < 1.29 is 0 Å². The van der Waals surface area contributed by atoms with Crippen LogP contribution in [0.15, 0.2) is 30.5 Å². The van der Waals surface area contributed by atoms with Gasteiger partial charge in [0.1, 0.15) is 0 Å². The molecule has 0 spiro atoms. The minimum atomic E-state index is 0.563. The zero-order valence-electron chi connectivity index (χ0n) is 16.7. The van der Waals surface area contributed by atoms with Crippen molar-refractivity contribution in [2.75, 3.05) is 24.1 Å². The second-order valence-electron chi connectivity index (χ2n) is 7.98. The summed E-state index contributed by atoms with van der Waals surface area (Å²) in [4.78, 5) is 17.0. The number of aromatic nitrogens is 3. The third-order valence-electron chi connectivity index (χ3n) is 6.02. The van der Waals surface area contributed by atoms with Gasteiger partial charge in [-0.05, 0) is 81.4 Å². The Balaban J connectivity index is 1.33. The first-order valence-electron chi connectivity index (χ1n) is 10.3. The average molecular weight is 407 g/mol. The number of fused-ring (bicyclic) bond motifs is 1. The van der Waals surface area contributed by atoms with Crippen LogP contribution in [0.1, 0.15) is 36.1 Å². The summed E-state index contributed by atoms with van der Waals surface area (Å²) in [5.74, 6) is 0.597. The number of thiazole rings is 1. The number of aryl methyl sites for hydroxylation is 2. The highest BCUT2D eigenvalue weighted by Crippen LogP contribution is 2.31. The van der Waals surface area contributed by atoms with Gasteiger partial charge < -0.3 is 16.0 Å². The van der Waals surface area contributed by atoms with E-state index in [1.54, 1.807) is 6.20 Å². The van der Waals surface area contributed by atoms with Crippen LogP contribution in [0.3, 0.4) is 0 Å². The summed E-state index contributed by atoms with van der Waals surface area (Å²) in [5.41, 5.74) is 11.6. The molecule has 0 bridgehead atoms. The summed E-state index contributed by atoms with van der Waals surface area (Å²) < 4.78 is 0. The second-order valence-corrected chi connectivity index (χ2v) is 9.01. The fraction of sp³-hybridized carbons (Fsp3) is 0.409. The van der Waals surface area contributed by atoms with Crippen LogP contribution in [0.2, 0.25) is 0 Å². The molecule has 1 aliphatic carbocycles. The topological polar surface area (TPSA) is 80.0 Å². The maximum Gasteiger partial charge on any atom is 0.227 e. The summed E-state index contributed by atoms with van der Waals surface area (Å²) in [6.45, 7) is 4.51. The van der Waals surface area contributed by atoms with Crippen LogP contribution in [-0.2, 0) is 12.8 Å². The van der Waals surface area contributed by atoms with Gasteiger partial charge in [0.2, 0.25) is 5.95 Å². The van der Waals surface area contributed by atoms with E-state index in [4.69, 9.17) is 5.73 Å². The number of likely N-dealkylation sites (tertiary alicyclic amines) is 1. The van der Waals surface area contributed by atoms with E-state index >= 15 is 0 Å². The summed E-state index contributed by atoms with van der Waals surface area (Å²) in [6.07, 6.45) is 8.07. The lowest BCUT2D eigenvalue weighted by molar-refractivity contribution is 0.222. The van der Waals surface area contributed by atoms with E-state index in [1.807, 2.05) is 13.0 Å². The van der Waals surface area contributed by atoms with Crippen molar-refractivity contribution in [1.29, 1.82) is 0 Å². The molecule has 3 heterocycles. The fourth-order valence-electron chi connectivity index (χ4n) is 4.56. The summed E-state index contributed by atoms with van der Waals surface area (Å²) >= 11 is 1.46. The molecule has 0 radical (unpaired) electrons. The van der Waals surface area contributed by atoms with E-state index in [9.17, 15) is 0 Å². The van der Waals surface area contributed by atoms with Crippen molar-refractivity contribution in [2.24, 2.45) is 0 Å². The first-order chi connectivity index (χ1) is 14.2. The lowest BCUT2D eigenvalue weighted by Crippen LogP contribution is -2.37. The summed E-state index contributed by atoms with van der Waals surface area (Å²) in [6, 6.07) is 9.31. The lowest BCUT2D eigenvalue weighted by Gasteiger charge is -2.32. The highest BCUT2D eigenvalue weighted by atomic mass is 32.1. The number of nitrogens with two attached hydrogens (primary N) is 1. The number of hydrogen-bond donors (Lipinski definition) is 2. The number of hydrogen-bond acceptors (Lipinski definition) is 7. The minimum Gasteiger partial charge on any atom is -0.375 e. The highest BCUT2D eigenvalue weighted by Gasteiger charge is 2.26. The van der Waals surface area contributed by atoms with Crippen molar-refractivity contribution in [1.82, 2.24) is 19.9 Å². The standard InChI is InChI=1S/C22H26N6S/c1-14-20(29-21(23)25-14)19-8-9-24-22(27-19)26-17-6-4-16-13-18(7-5-15(16)12-17)28-10-2-3-11-28/h4,6,8-9,12,18H,2-3,5,7,10-11,13H2,1H3,(H2,23,25)(H,24,26,27). The van der Waals surface area contributed by atoms with Crippen LogP contribution >= 0.6 is 11.3 Å². The molecule has 1 saturated heterocycles. The molecule has 3 aromatic rings. The number of nitrogen functional groups attached to an aromatic ring is 1. The Hall–Kier alpha value is -2.51. The predicted molar refractivity (Wildman–Crippen MR) is 119 cm³/mol. The molecule has 1 atom stereocenters. The Bertz CT molecular complexity index is 1020. The van der Waals surface area contributed by atoms with Gasteiger partial charge in [-0.15, -0.1) is 0 Å². The number of benzene rings is 1. The first kappa shape index (κ1) is 18.5. The van der Waals surface area contributed by atoms with Gasteiger partial charge in [-0.1, -0.05) is 17.4 Å². The average Bonchev–Trinajstić information content (AvgIpc) is 3.37. The Morgan fingerprint density at radius 2 is 2.00 bits per heavy atom. The maximum absolute atomic E-state index is 5.84. The van der Waals surface area contributed by atoms with Crippen LogP contribution in [0.5, 0.6) is 0 Å². The molecule has 1 fully saturated rings. The van der Waals surface area contributed by atoms with E-state index in [2.05, 4.69) is 43.4 Å². The quantitative estimate of drug-likeness (QED) is 0.676. The van der Waals surface area contributed by atoms with Crippen LogP contribution in [0, 0.1) is 6.92 Å². The maximum atomic E-state index is 5.84. The molecule has 1 unspecified atom stereocenters. The van der Waals surface area contributed by atoms with Crippen LogP contribution in [0.4, 0.5) is 16.8 Å². The molecule has 6 nitrogen and oxygen atoms in total. The van der Waals surface area contributed by atoms with E-state index in [0.29, 0.717) is 11.1 Å². The molecule has 5 rings (SSSR count). The Labute approximate surface area is 175 Å². The molecule has 3 N–H and O–H groups in total. The van der Waals surface area contributed by atoms with Crippen LogP contribution in [-0.4, -0.2) is 39.0 Å². The molecule has 1 aliphatic heterocycles. The van der Waals surface area contributed by atoms with Crippen molar-refractivity contribution in [3.63, 3.8) is 0 Å². The van der Waals surface area contributed by atoms with Crippen LogP contribution in [0.25, 0.3) is 10.6 Å². The summed E-state index contributed by atoms with van der Waals surface area (Å²) in [7, 11) is 0. The molecule has 29 heavy (non-hydrogen) atoms. The Morgan fingerprint density at radius 1 is 1.14 bits per heavy atom. The number of nitrogens with zero attached hydrogens (tertiary/aromatic N) is 4. The van der Waals surface area contributed by atoms with Crippen molar-refractivity contribution in [3.05, 3.63) is 47.3 Å². The van der Waals surface area contributed by atoms with Crippen molar-refractivity contribution in [3.8, 4) is 10.6 Å². The lowest BCUT2D eigenvalue weighted by atomic mass is 9.87. The predicted octanol–water partition coefficient (Wildman–Crippen LogP) is 4.19. The third kappa shape index (κ3) is 3.84. The molecule has 0 amide bonds. The number of anilines is 3. The van der Waals surface area contributed by atoms with Gasteiger partial charge in [-0.3, -0.25) is 0 Å². The number of rotatable bonds is 4. The fourth-order valence-corrected chi connectivity index (χ4v) is 5.36. The Morgan fingerprint density at radius 3 is 2.79 bits per heavy atom. The van der Waals surface area contributed by atoms with Gasteiger partial charge >= 0.3 is 0 Å². The van der Waals surface area contributed by atoms with Gasteiger partial charge in [-0.2, -0.15) is 0 Å². The zero-order valence-corrected chi connectivity index (χ0v) is 17.5. The molecule has 1 aromatic carbocycles. The van der Waals surface area contributed by atoms with E-state index < -0.39 is 0 Å². The van der Waals surface area contributed by atoms with Crippen molar-refractivity contribution in [2.45, 2.75) is 45.1 Å². The van der Waals surface area contributed by atoms with Gasteiger partial charge in [0, 0.05) is 17.9 Å². The SMILES string of the molecule is Cc1nc(N)sc1-c1ccnc(Nc2ccc3c(c2)CCC(N2CCCC2)C3)n1. The largest absolute Gasteiger partial charge is 0.375 e. The number of nitrogens with one attached hydrogen (secondary N) is 1. The molecule has 0 saturated carbocycles. The molecular formula is C22H26N6S. The van der Waals surface area contributed by atoms with E-state index in [1.165, 1.54) is 61.2 Å². The van der Waals surface area contributed by atoms with E-state index in [-0.39, 0.29) is 0 Å². The monoisotopic (exact) mass is 406 g/mol. The van der Waals surface area contributed by atoms with Gasteiger partial charge in [0.05, 0.1) is 16.3 Å². The molecule has 7 heteroatoms. The first-order valence-corrected chi connectivity index (χ1v) is 11.2. The van der Waals surface area contributed by atoms with Gasteiger partial charge in [0.25, 0.3) is 0 Å². The zero-order chi connectivity index (χ0) is 19.8. The van der Waals surface area contributed by atoms with Crippen LogP contribution < -0.4 is 11.1 Å². The molecule has 150 valence electrons. The smallest absolute Gasteiger partial charge is 0.227 e. The van der Waals surface area contributed by atoms with Crippen molar-refractivity contribution >= 4 is 28.1 Å². The van der Waals surface area contributed by atoms with Gasteiger partial charge in [0.15, 0.2) is 5.13 Å². The summed E-state index contributed by atoms with van der Waals surface area (Å²) in [5, 5.41) is 3.94. The van der Waals surface area contributed by atoms with Gasteiger partial charge in [-0.25, -0.2) is 15.0 Å². The third-order valence-corrected chi connectivity index (χ3v) is 7.03. The Kier molecular flexibility index (Phi) is 4.93.